The van der Waals surface area contributed by atoms with Crippen molar-refractivity contribution in [2.75, 3.05) is 0 Å². The number of rotatable bonds is 6. The minimum Gasteiger partial charge on any atom is -0.345 e. The average molecular weight is 349 g/mol. The molecule has 0 radical (unpaired) electrons. The maximum Gasteiger partial charge on any atom is 0.253 e. The van der Waals surface area contributed by atoms with Crippen LogP contribution in [0.5, 0.6) is 0 Å². The molecule has 0 spiro atoms. The molecule has 1 aliphatic rings. The Labute approximate surface area is 152 Å². The van der Waals surface area contributed by atoms with E-state index in [1.807, 2.05) is 43.3 Å². The molecular weight excluding hydrogens is 326 g/mol. The third-order valence-corrected chi connectivity index (χ3v) is 4.98. The van der Waals surface area contributed by atoms with Gasteiger partial charge in [-0.2, -0.15) is 5.10 Å². The quantitative estimate of drug-likeness (QED) is 0.743. The van der Waals surface area contributed by atoms with Gasteiger partial charge < -0.3 is 9.88 Å². The Morgan fingerprint density at radius 1 is 1.27 bits per heavy atom. The summed E-state index contributed by atoms with van der Waals surface area (Å²) < 4.78 is 4.04. The van der Waals surface area contributed by atoms with Gasteiger partial charge >= 0.3 is 0 Å². The Balaban J connectivity index is 1.59. The van der Waals surface area contributed by atoms with E-state index >= 15 is 0 Å². The number of aryl methyl sites for hydroxylation is 1. The van der Waals surface area contributed by atoms with Crippen LogP contribution in [0.15, 0.2) is 49.1 Å². The molecule has 1 unspecified atom stereocenters. The fourth-order valence-electron chi connectivity index (χ4n) is 3.57. The van der Waals surface area contributed by atoms with E-state index in [9.17, 15) is 4.79 Å². The molecule has 0 aliphatic heterocycles. The third-order valence-electron chi connectivity index (χ3n) is 4.98. The minimum atomic E-state index is -0.172. The topological polar surface area (TPSA) is 64.7 Å². The molecule has 6 nitrogen and oxygen atoms in total. The van der Waals surface area contributed by atoms with Gasteiger partial charge in [0.05, 0.1) is 18.2 Å². The van der Waals surface area contributed by atoms with Crippen LogP contribution in [0.3, 0.4) is 0 Å². The normalized spacial score (nSPS) is 15.0. The number of amides is 1. The highest BCUT2D eigenvalue weighted by atomic mass is 16.1. The average Bonchev–Trinajstić information content (AvgIpc) is 3.24. The first kappa shape index (κ1) is 16.6. The fourth-order valence-corrected chi connectivity index (χ4v) is 3.57. The number of carbonyl (C=O) groups is 1. The summed E-state index contributed by atoms with van der Waals surface area (Å²) in [6, 6.07) is 12.4. The number of carbonyl (C=O) groups excluding carboxylic acids is 1. The maximum atomic E-state index is 13.0. The van der Waals surface area contributed by atoms with Crippen LogP contribution in [0.4, 0.5) is 0 Å². The molecule has 26 heavy (non-hydrogen) atoms. The van der Waals surface area contributed by atoms with Crippen LogP contribution in [0.25, 0.3) is 0 Å². The maximum absolute atomic E-state index is 13.0. The van der Waals surface area contributed by atoms with Gasteiger partial charge in [-0.15, -0.1) is 0 Å². The Hall–Kier alpha value is -2.89. The van der Waals surface area contributed by atoms with E-state index in [-0.39, 0.29) is 11.9 Å². The van der Waals surface area contributed by atoms with Crippen LogP contribution < -0.4 is 5.32 Å². The molecule has 3 aromatic rings. The van der Waals surface area contributed by atoms with Gasteiger partial charge in [0.2, 0.25) is 0 Å². The number of benzene rings is 1. The van der Waals surface area contributed by atoms with Gasteiger partial charge in [0.25, 0.3) is 5.91 Å². The van der Waals surface area contributed by atoms with E-state index in [0.29, 0.717) is 12.6 Å². The predicted octanol–water partition coefficient (Wildman–Crippen LogP) is 3.20. The van der Waals surface area contributed by atoms with E-state index in [2.05, 4.69) is 26.9 Å². The van der Waals surface area contributed by atoms with Crippen LogP contribution in [-0.2, 0) is 6.54 Å². The van der Waals surface area contributed by atoms with E-state index in [4.69, 9.17) is 0 Å². The number of aromatic nitrogens is 4. The van der Waals surface area contributed by atoms with E-state index in [0.717, 1.165) is 22.5 Å². The summed E-state index contributed by atoms with van der Waals surface area (Å²) in [5.41, 5.74) is 4.01. The smallest absolute Gasteiger partial charge is 0.253 e. The fraction of sp³-hybridized carbons (Fsp3) is 0.350. The SMILES string of the molecule is Cc1cc(C(=O)NC(Cn2cncn2)c2ccccc2)c(C)n1C1CC1. The van der Waals surface area contributed by atoms with Gasteiger partial charge in [0, 0.05) is 17.4 Å². The van der Waals surface area contributed by atoms with Gasteiger partial charge in [-0.05, 0) is 38.3 Å². The van der Waals surface area contributed by atoms with Gasteiger partial charge in [-0.25, -0.2) is 4.98 Å². The summed E-state index contributed by atoms with van der Waals surface area (Å²) >= 11 is 0. The van der Waals surface area contributed by atoms with Crippen LogP contribution in [0.1, 0.15) is 52.2 Å². The molecule has 1 aromatic carbocycles. The first-order chi connectivity index (χ1) is 12.6. The number of hydrogen-bond acceptors (Lipinski definition) is 3. The lowest BCUT2D eigenvalue weighted by molar-refractivity contribution is 0.0931. The van der Waals surface area contributed by atoms with E-state index < -0.39 is 0 Å². The zero-order valence-electron chi connectivity index (χ0n) is 15.1. The van der Waals surface area contributed by atoms with Gasteiger partial charge in [-0.1, -0.05) is 30.3 Å². The molecule has 0 saturated heterocycles. The summed E-state index contributed by atoms with van der Waals surface area (Å²) in [4.78, 5) is 17.0. The Kier molecular flexibility index (Phi) is 4.32. The Morgan fingerprint density at radius 2 is 2.04 bits per heavy atom. The summed E-state index contributed by atoms with van der Waals surface area (Å²) in [5.74, 6) is -0.0426. The van der Waals surface area contributed by atoms with E-state index in [1.54, 1.807) is 11.0 Å². The molecule has 1 aliphatic carbocycles. The molecule has 1 fully saturated rings. The van der Waals surface area contributed by atoms with Crippen molar-refractivity contribution in [3.05, 3.63) is 71.6 Å². The first-order valence-corrected chi connectivity index (χ1v) is 9.00. The zero-order chi connectivity index (χ0) is 18.1. The monoisotopic (exact) mass is 349 g/mol. The van der Waals surface area contributed by atoms with Crippen molar-refractivity contribution in [1.82, 2.24) is 24.6 Å². The highest BCUT2D eigenvalue weighted by Crippen LogP contribution is 2.38. The molecule has 1 N–H and O–H groups in total. The van der Waals surface area contributed by atoms with Gasteiger partial charge in [0.15, 0.2) is 0 Å². The molecule has 4 rings (SSSR count). The van der Waals surface area contributed by atoms with Crippen LogP contribution in [-0.4, -0.2) is 25.2 Å². The Bertz CT molecular complexity index is 894. The van der Waals surface area contributed by atoms with Crippen LogP contribution >= 0.6 is 0 Å². The highest BCUT2D eigenvalue weighted by molar-refractivity contribution is 5.96. The standard InChI is InChI=1S/C20H23N5O/c1-14-10-18(15(2)25(14)17-8-9-17)20(26)23-19(11-24-13-21-12-22-24)16-6-4-3-5-7-16/h3-7,10,12-13,17,19H,8-9,11H2,1-2H3,(H,23,26). The molecule has 0 bridgehead atoms. The lowest BCUT2D eigenvalue weighted by atomic mass is 10.1. The molecule has 134 valence electrons. The third kappa shape index (κ3) is 3.27. The lowest BCUT2D eigenvalue weighted by Crippen LogP contribution is -2.32. The summed E-state index contributed by atoms with van der Waals surface area (Å²) in [6.45, 7) is 4.65. The van der Waals surface area contributed by atoms with Crippen molar-refractivity contribution in [2.45, 2.75) is 45.3 Å². The van der Waals surface area contributed by atoms with Crippen molar-refractivity contribution < 1.29 is 4.79 Å². The van der Waals surface area contributed by atoms with E-state index in [1.165, 1.54) is 19.2 Å². The minimum absolute atomic E-state index is 0.0426. The zero-order valence-corrected chi connectivity index (χ0v) is 15.1. The summed E-state index contributed by atoms with van der Waals surface area (Å²) in [6.07, 6.45) is 5.58. The first-order valence-electron chi connectivity index (χ1n) is 9.00. The second-order valence-corrected chi connectivity index (χ2v) is 6.94. The number of nitrogens with zero attached hydrogens (tertiary/aromatic N) is 4. The van der Waals surface area contributed by atoms with Crippen molar-refractivity contribution in [3.63, 3.8) is 0 Å². The number of nitrogens with one attached hydrogen (secondary N) is 1. The van der Waals surface area contributed by atoms with Crippen LogP contribution in [0.2, 0.25) is 0 Å². The second-order valence-electron chi connectivity index (χ2n) is 6.94. The molecule has 1 amide bonds. The van der Waals surface area contributed by atoms with Crippen molar-refractivity contribution in [2.24, 2.45) is 0 Å². The lowest BCUT2D eigenvalue weighted by Gasteiger charge is -2.19. The molecule has 2 heterocycles. The molecule has 1 atom stereocenters. The Morgan fingerprint density at radius 3 is 2.69 bits per heavy atom. The molecular formula is C20H23N5O. The van der Waals surface area contributed by atoms with Gasteiger partial charge in [-0.3, -0.25) is 9.48 Å². The molecule has 1 saturated carbocycles. The molecule has 2 aromatic heterocycles. The van der Waals surface area contributed by atoms with Crippen molar-refractivity contribution in [1.29, 1.82) is 0 Å². The molecule has 6 heteroatoms. The van der Waals surface area contributed by atoms with Crippen LogP contribution in [0, 0.1) is 13.8 Å². The summed E-state index contributed by atoms with van der Waals surface area (Å²) in [5, 5.41) is 7.37. The van der Waals surface area contributed by atoms with Gasteiger partial charge in [0.1, 0.15) is 12.7 Å². The highest BCUT2D eigenvalue weighted by Gasteiger charge is 2.29. The van der Waals surface area contributed by atoms with Crippen molar-refractivity contribution >= 4 is 5.91 Å². The predicted molar refractivity (Wildman–Crippen MR) is 98.8 cm³/mol. The number of hydrogen-bond donors (Lipinski definition) is 1. The summed E-state index contributed by atoms with van der Waals surface area (Å²) in [7, 11) is 0. The van der Waals surface area contributed by atoms with Crippen molar-refractivity contribution in [3.8, 4) is 0 Å². The second kappa shape index (κ2) is 6.78. The largest absolute Gasteiger partial charge is 0.345 e.